The number of carbonyl (C=O) groups is 1. The maximum absolute atomic E-state index is 11.8. The molecule has 132 valence electrons. The molecule has 3 aromatic rings. The minimum atomic E-state index is -0.165. The Morgan fingerprint density at radius 1 is 1.19 bits per heavy atom. The molecule has 1 amide bonds. The zero-order valence-corrected chi connectivity index (χ0v) is 14.4. The molecule has 3 rings (SSSR count). The average Bonchev–Trinajstić information content (AvgIpc) is 3.16. The molecule has 1 aromatic heterocycles. The summed E-state index contributed by atoms with van der Waals surface area (Å²) in [5.41, 5.74) is 1.79. The predicted octanol–water partition coefficient (Wildman–Crippen LogP) is 3.12. The van der Waals surface area contributed by atoms with Crippen LogP contribution in [0.5, 0.6) is 5.75 Å². The number of rotatable bonds is 7. The third-order valence-electron chi connectivity index (χ3n) is 3.66. The zero-order valence-electron chi connectivity index (χ0n) is 14.4. The van der Waals surface area contributed by atoms with Crippen molar-refractivity contribution in [3.8, 4) is 17.1 Å². The minimum absolute atomic E-state index is 0.165. The molecule has 26 heavy (non-hydrogen) atoms. The number of carbonyl (C=O) groups excluding carboxylic acids is 1. The largest absolute Gasteiger partial charge is 0.497 e. The molecule has 0 saturated heterocycles. The fraction of sp³-hybridized carbons (Fsp3) is 0.150. The van der Waals surface area contributed by atoms with Gasteiger partial charge in [-0.2, -0.15) is 4.98 Å². The summed E-state index contributed by atoms with van der Waals surface area (Å²) in [6, 6.07) is 17.1. The Morgan fingerprint density at radius 3 is 2.85 bits per heavy atom. The van der Waals surface area contributed by atoms with E-state index in [0.29, 0.717) is 24.7 Å². The number of amides is 1. The van der Waals surface area contributed by atoms with Crippen LogP contribution in [0.4, 0.5) is 0 Å². The van der Waals surface area contributed by atoms with Gasteiger partial charge >= 0.3 is 0 Å². The molecule has 0 radical (unpaired) electrons. The normalized spacial score (nSPS) is 10.8. The highest BCUT2D eigenvalue weighted by Gasteiger charge is 2.09. The highest BCUT2D eigenvalue weighted by Crippen LogP contribution is 2.21. The standard InChI is InChI=1S/C20H19N3O3/c1-25-17-9-5-8-16(14-17)20-22-19(26-23-20)12-13-21-18(24)11-10-15-6-3-2-4-7-15/h2-11,14H,12-13H2,1H3,(H,21,24)/b11-10+. The van der Waals surface area contributed by atoms with Crippen LogP contribution in [0.25, 0.3) is 17.5 Å². The first-order valence-electron chi connectivity index (χ1n) is 8.22. The molecule has 0 saturated carbocycles. The zero-order chi connectivity index (χ0) is 18.2. The second-order valence-corrected chi connectivity index (χ2v) is 5.53. The van der Waals surface area contributed by atoms with Crippen LogP contribution < -0.4 is 10.1 Å². The van der Waals surface area contributed by atoms with Gasteiger partial charge in [-0.15, -0.1) is 0 Å². The van der Waals surface area contributed by atoms with Crippen molar-refractivity contribution in [2.45, 2.75) is 6.42 Å². The Labute approximate surface area is 151 Å². The van der Waals surface area contributed by atoms with E-state index in [4.69, 9.17) is 9.26 Å². The Morgan fingerprint density at radius 2 is 2.04 bits per heavy atom. The second kappa shape index (κ2) is 8.62. The van der Waals surface area contributed by atoms with Gasteiger partial charge in [-0.25, -0.2) is 0 Å². The molecule has 0 aliphatic rings. The first-order valence-corrected chi connectivity index (χ1v) is 8.22. The summed E-state index contributed by atoms with van der Waals surface area (Å²) >= 11 is 0. The van der Waals surface area contributed by atoms with Crippen molar-refractivity contribution >= 4 is 12.0 Å². The van der Waals surface area contributed by atoms with Gasteiger partial charge in [0.2, 0.25) is 17.6 Å². The number of nitrogens with one attached hydrogen (secondary N) is 1. The van der Waals surface area contributed by atoms with Crippen molar-refractivity contribution in [3.63, 3.8) is 0 Å². The third-order valence-corrected chi connectivity index (χ3v) is 3.66. The number of benzene rings is 2. The number of nitrogens with zero attached hydrogens (tertiary/aromatic N) is 2. The molecule has 6 heteroatoms. The topological polar surface area (TPSA) is 77.3 Å². The van der Waals surface area contributed by atoms with E-state index in [0.717, 1.165) is 16.9 Å². The van der Waals surface area contributed by atoms with Gasteiger partial charge in [0.25, 0.3) is 0 Å². The van der Waals surface area contributed by atoms with Gasteiger partial charge < -0.3 is 14.6 Å². The lowest BCUT2D eigenvalue weighted by Gasteiger charge is -2.00. The van der Waals surface area contributed by atoms with Crippen molar-refractivity contribution in [3.05, 3.63) is 72.1 Å². The van der Waals surface area contributed by atoms with Crippen molar-refractivity contribution in [1.82, 2.24) is 15.5 Å². The predicted molar refractivity (Wildman–Crippen MR) is 98.5 cm³/mol. The molecule has 6 nitrogen and oxygen atoms in total. The number of hydrogen-bond acceptors (Lipinski definition) is 5. The monoisotopic (exact) mass is 349 g/mol. The highest BCUT2D eigenvalue weighted by molar-refractivity contribution is 5.91. The van der Waals surface area contributed by atoms with Crippen molar-refractivity contribution in [2.75, 3.05) is 13.7 Å². The smallest absolute Gasteiger partial charge is 0.244 e. The highest BCUT2D eigenvalue weighted by atomic mass is 16.5. The molecular formula is C20H19N3O3. The molecule has 0 bridgehead atoms. The summed E-state index contributed by atoms with van der Waals surface area (Å²) in [6.07, 6.45) is 3.73. The molecule has 0 aliphatic carbocycles. The summed E-state index contributed by atoms with van der Waals surface area (Å²) in [6.45, 7) is 0.414. The van der Waals surface area contributed by atoms with E-state index in [1.165, 1.54) is 6.08 Å². The summed E-state index contributed by atoms with van der Waals surface area (Å²) in [5, 5.41) is 6.76. The van der Waals surface area contributed by atoms with Crippen LogP contribution in [0.3, 0.4) is 0 Å². The number of methoxy groups -OCH3 is 1. The Hall–Kier alpha value is -3.41. The molecule has 0 fully saturated rings. The van der Waals surface area contributed by atoms with Gasteiger partial charge in [-0.05, 0) is 23.8 Å². The third kappa shape index (κ3) is 4.80. The number of hydrogen-bond donors (Lipinski definition) is 1. The maximum Gasteiger partial charge on any atom is 0.244 e. The lowest BCUT2D eigenvalue weighted by molar-refractivity contribution is -0.116. The van der Waals surface area contributed by atoms with Crippen LogP contribution in [0.15, 0.2) is 65.2 Å². The van der Waals surface area contributed by atoms with Crippen LogP contribution in [-0.2, 0) is 11.2 Å². The van der Waals surface area contributed by atoms with E-state index in [1.54, 1.807) is 13.2 Å². The van der Waals surface area contributed by atoms with E-state index >= 15 is 0 Å². The van der Waals surface area contributed by atoms with Gasteiger partial charge in [-0.1, -0.05) is 47.6 Å². The van der Waals surface area contributed by atoms with Gasteiger partial charge in [0, 0.05) is 24.6 Å². The summed E-state index contributed by atoms with van der Waals surface area (Å²) in [7, 11) is 1.61. The number of ether oxygens (including phenoxy) is 1. The van der Waals surface area contributed by atoms with E-state index in [9.17, 15) is 4.79 Å². The van der Waals surface area contributed by atoms with Crippen LogP contribution >= 0.6 is 0 Å². The molecule has 0 atom stereocenters. The van der Waals surface area contributed by atoms with Crippen molar-refractivity contribution < 1.29 is 14.1 Å². The number of aromatic nitrogens is 2. The minimum Gasteiger partial charge on any atom is -0.497 e. The molecule has 2 aromatic carbocycles. The first-order chi connectivity index (χ1) is 12.7. The van der Waals surface area contributed by atoms with Crippen LogP contribution in [0.1, 0.15) is 11.5 Å². The van der Waals surface area contributed by atoms with E-state index in [1.807, 2.05) is 54.6 Å². The van der Waals surface area contributed by atoms with E-state index in [-0.39, 0.29) is 5.91 Å². The molecule has 0 unspecified atom stereocenters. The molecule has 0 spiro atoms. The summed E-state index contributed by atoms with van der Waals surface area (Å²) in [4.78, 5) is 16.2. The fourth-order valence-electron chi connectivity index (χ4n) is 2.32. The summed E-state index contributed by atoms with van der Waals surface area (Å²) in [5.74, 6) is 1.53. The molecule has 1 heterocycles. The lowest BCUT2D eigenvalue weighted by Crippen LogP contribution is -2.23. The van der Waals surface area contributed by atoms with E-state index in [2.05, 4.69) is 15.5 Å². The Bertz CT molecular complexity index is 888. The molecular weight excluding hydrogens is 330 g/mol. The van der Waals surface area contributed by atoms with Crippen molar-refractivity contribution in [2.24, 2.45) is 0 Å². The first kappa shape index (κ1) is 17.4. The SMILES string of the molecule is COc1cccc(-c2noc(CCNC(=O)/C=C/c3ccccc3)n2)c1. The van der Waals surface area contributed by atoms with Crippen LogP contribution in [0.2, 0.25) is 0 Å². The maximum atomic E-state index is 11.8. The Balaban J connectivity index is 1.50. The molecule has 1 N–H and O–H groups in total. The average molecular weight is 349 g/mol. The fourth-order valence-corrected chi connectivity index (χ4v) is 2.32. The van der Waals surface area contributed by atoms with Crippen LogP contribution in [0, 0.1) is 0 Å². The van der Waals surface area contributed by atoms with Crippen LogP contribution in [-0.4, -0.2) is 29.7 Å². The van der Waals surface area contributed by atoms with Gasteiger partial charge in [0.15, 0.2) is 0 Å². The van der Waals surface area contributed by atoms with Gasteiger partial charge in [-0.3, -0.25) is 4.79 Å². The Kier molecular flexibility index (Phi) is 5.77. The lowest BCUT2D eigenvalue weighted by atomic mass is 10.2. The summed E-state index contributed by atoms with van der Waals surface area (Å²) < 4.78 is 10.4. The van der Waals surface area contributed by atoms with Crippen molar-refractivity contribution in [1.29, 1.82) is 0 Å². The van der Waals surface area contributed by atoms with Gasteiger partial charge in [0.05, 0.1) is 7.11 Å². The van der Waals surface area contributed by atoms with Gasteiger partial charge in [0.1, 0.15) is 5.75 Å². The molecule has 0 aliphatic heterocycles. The van der Waals surface area contributed by atoms with E-state index < -0.39 is 0 Å². The second-order valence-electron chi connectivity index (χ2n) is 5.53. The quantitative estimate of drug-likeness (QED) is 0.663.